The number of ether oxygens (including phenoxy) is 2. The largest absolute Gasteiger partial charge is 0.394 e. The Morgan fingerprint density at radius 2 is 2.20 bits per heavy atom. The minimum absolute atomic E-state index is 0.159. The Balaban J connectivity index is 1.97. The molecule has 2 aliphatic rings. The molecule has 1 aromatic rings. The Labute approximate surface area is 115 Å². The number of benzene rings is 1. The highest BCUT2D eigenvalue weighted by molar-refractivity contribution is 5.78. The molecule has 4 atom stereocenters. The summed E-state index contributed by atoms with van der Waals surface area (Å²) in [6, 6.07) is 5.30. The number of hydrogen-bond acceptors (Lipinski definition) is 6. The van der Waals surface area contributed by atoms with Crippen LogP contribution in [0.4, 0.5) is 0 Å². The van der Waals surface area contributed by atoms with Crippen LogP contribution in [0.3, 0.4) is 0 Å². The van der Waals surface area contributed by atoms with Crippen molar-refractivity contribution < 1.29 is 29.6 Å². The molecule has 0 aromatic heterocycles. The Bertz CT molecular complexity index is 530. The average molecular weight is 280 g/mol. The summed E-state index contributed by atoms with van der Waals surface area (Å²) in [7, 11) is 0. The number of carbonyl (C=O) groups excluding carboxylic acids is 1. The fourth-order valence-electron chi connectivity index (χ4n) is 2.88. The predicted molar refractivity (Wildman–Crippen MR) is 67.0 cm³/mol. The molecular weight excluding hydrogens is 264 g/mol. The normalized spacial score (nSPS) is 36.0. The molecule has 108 valence electrons. The molecule has 3 rings (SSSR count). The third kappa shape index (κ3) is 1.88. The molecule has 0 bridgehead atoms. The predicted octanol–water partition coefficient (Wildman–Crippen LogP) is -0.619. The van der Waals surface area contributed by atoms with Gasteiger partial charge in [0, 0.05) is 12.0 Å². The van der Waals surface area contributed by atoms with E-state index in [4.69, 9.17) is 14.6 Å². The van der Waals surface area contributed by atoms with Gasteiger partial charge in [0.2, 0.25) is 5.79 Å². The van der Waals surface area contributed by atoms with Gasteiger partial charge >= 0.3 is 0 Å². The van der Waals surface area contributed by atoms with Crippen LogP contribution >= 0.6 is 0 Å². The minimum atomic E-state index is -1.40. The van der Waals surface area contributed by atoms with Crippen LogP contribution in [0.5, 0.6) is 0 Å². The van der Waals surface area contributed by atoms with Gasteiger partial charge in [0.25, 0.3) is 0 Å². The molecule has 20 heavy (non-hydrogen) atoms. The van der Waals surface area contributed by atoms with Crippen molar-refractivity contribution in [3.63, 3.8) is 0 Å². The van der Waals surface area contributed by atoms with E-state index in [0.29, 0.717) is 5.56 Å². The van der Waals surface area contributed by atoms with Gasteiger partial charge in [-0.3, -0.25) is 4.79 Å². The van der Waals surface area contributed by atoms with Gasteiger partial charge in [-0.05, 0) is 11.1 Å². The van der Waals surface area contributed by atoms with E-state index in [9.17, 15) is 15.0 Å². The molecular formula is C14H16O6. The first-order valence-corrected chi connectivity index (χ1v) is 6.46. The lowest BCUT2D eigenvalue weighted by Gasteiger charge is -2.37. The first kappa shape index (κ1) is 13.7. The fourth-order valence-corrected chi connectivity index (χ4v) is 2.88. The zero-order chi connectivity index (χ0) is 14.3. The van der Waals surface area contributed by atoms with Crippen molar-refractivity contribution in [1.29, 1.82) is 0 Å². The van der Waals surface area contributed by atoms with E-state index in [-0.39, 0.29) is 13.0 Å². The maximum absolute atomic E-state index is 11.1. The number of fused-ring (bicyclic) bond motifs is 1. The van der Waals surface area contributed by atoms with E-state index in [2.05, 4.69) is 0 Å². The molecule has 6 heteroatoms. The number of aliphatic hydroxyl groups is 3. The van der Waals surface area contributed by atoms with E-state index >= 15 is 0 Å². The molecule has 0 amide bonds. The second-order valence-electron chi connectivity index (χ2n) is 5.15. The smallest absolute Gasteiger partial charge is 0.202 e. The molecule has 1 aromatic carbocycles. The van der Waals surface area contributed by atoms with E-state index in [0.717, 1.165) is 17.4 Å². The number of aliphatic hydroxyl groups excluding tert-OH is 3. The summed E-state index contributed by atoms with van der Waals surface area (Å²) in [6.07, 6.45) is -2.47. The Kier molecular flexibility index (Phi) is 3.35. The van der Waals surface area contributed by atoms with Crippen molar-refractivity contribution >= 4 is 6.29 Å². The molecule has 0 radical (unpaired) electrons. The lowest BCUT2D eigenvalue weighted by atomic mass is 9.89. The molecule has 6 nitrogen and oxygen atoms in total. The summed E-state index contributed by atoms with van der Waals surface area (Å²) >= 11 is 0. The number of hydrogen-bond donors (Lipinski definition) is 3. The summed E-state index contributed by atoms with van der Waals surface area (Å²) in [5.74, 6) is -1.40. The summed E-state index contributed by atoms with van der Waals surface area (Å²) in [5.41, 5.74) is 2.12. The van der Waals surface area contributed by atoms with E-state index in [1.807, 2.05) is 6.07 Å². The van der Waals surface area contributed by atoms with Gasteiger partial charge in [-0.25, -0.2) is 0 Å². The van der Waals surface area contributed by atoms with Crippen molar-refractivity contribution in [2.45, 2.75) is 37.1 Å². The summed E-state index contributed by atoms with van der Waals surface area (Å²) in [6.45, 7) is -0.232. The van der Waals surface area contributed by atoms with Crippen LogP contribution in [-0.2, 0) is 22.5 Å². The van der Waals surface area contributed by atoms with Crippen molar-refractivity contribution in [3.05, 3.63) is 34.9 Å². The van der Waals surface area contributed by atoms with Crippen LogP contribution in [-0.4, -0.2) is 52.3 Å². The summed E-state index contributed by atoms with van der Waals surface area (Å²) < 4.78 is 11.1. The van der Waals surface area contributed by atoms with Gasteiger partial charge < -0.3 is 24.8 Å². The first-order valence-electron chi connectivity index (χ1n) is 6.46. The standard InChI is InChI=1S/C14H16O6/c15-5-8-2-1-3-9-7-19-14(4-10(8)9)13(18)12(17)11(6-16)20-14/h1-3,5,11-13,16-18H,4,6-7H2/t11-,12-,13+,14+/m1/s1. The number of carbonyl (C=O) groups is 1. The monoisotopic (exact) mass is 280 g/mol. The SMILES string of the molecule is O=Cc1cccc2c1C[C@]1(OC2)O[C@H](CO)[C@@H](O)[C@@H]1O. The van der Waals surface area contributed by atoms with Crippen LogP contribution in [0.25, 0.3) is 0 Å². The first-order chi connectivity index (χ1) is 9.61. The number of aldehydes is 1. The van der Waals surface area contributed by atoms with Gasteiger partial charge in [0.1, 0.15) is 24.6 Å². The third-order valence-electron chi connectivity index (χ3n) is 4.02. The van der Waals surface area contributed by atoms with E-state index < -0.39 is 30.7 Å². The molecule has 2 aliphatic heterocycles. The number of rotatable bonds is 2. The maximum atomic E-state index is 11.1. The molecule has 1 fully saturated rings. The molecule has 0 saturated carbocycles. The van der Waals surface area contributed by atoms with E-state index in [1.54, 1.807) is 12.1 Å². The van der Waals surface area contributed by atoms with Crippen LogP contribution < -0.4 is 0 Å². The second kappa shape index (κ2) is 4.91. The summed E-state index contributed by atoms with van der Waals surface area (Å²) in [4.78, 5) is 11.1. The van der Waals surface area contributed by atoms with Gasteiger partial charge in [-0.15, -0.1) is 0 Å². The molecule has 1 spiro atoms. The van der Waals surface area contributed by atoms with E-state index in [1.165, 1.54) is 0 Å². The lowest BCUT2D eigenvalue weighted by Crippen LogP contribution is -2.49. The van der Waals surface area contributed by atoms with Crippen LogP contribution in [0, 0.1) is 0 Å². The van der Waals surface area contributed by atoms with Crippen molar-refractivity contribution in [2.75, 3.05) is 6.61 Å². The van der Waals surface area contributed by atoms with Crippen LogP contribution in [0.1, 0.15) is 21.5 Å². The lowest BCUT2D eigenvalue weighted by molar-refractivity contribution is -0.271. The van der Waals surface area contributed by atoms with Gasteiger partial charge in [-0.1, -0.05) is 18.2 Å². The van der Waals surface area contributed by atoms with Gasteiger partial charge in [0.05, 0.1) is 13.2 Å². The highest BCUT2D eigenvalue weighted by atomic mass is 16.7. The third-order valence-corrected chi connectivity index (χ3v) is 4.02. The average Bonchev–Trinajstić information content (AvgIpc) is 2.71. The minimum Gasteiger partial charge on any atom is -0.394 e. The molecule has 3 N–H and O–H groups in total. The van der Waals surface area contributed by atoms with Gasteiger partial charge in [-0.2, -0.15) is 0 Å². The fraction of sp³-hybridized carbons (Fsp3) is 0.500. The maximum Gasteiger partial charge on any atom is 0.202 e. The Morgan fingerprint density at radius 1 is 1.40 bits per heavy atom. The Hall–Kier alpha value is -1.31. The molecule has 0 unspecified atom stereocenters. The van der Waals surface area contributed by atoms with Crippen molar-refractivity contribution in [3.8, 4) is 0 Å². The highest BCUT2D eigenvalue weighted by Crippen LogP contribution is 2.40. The zero-order valence-electron chi connectivity index (χ0n) is 10.7. The molecule has 1 saturated heterocycles. The zero-order valence-corrected chi connectivity index (χ0v) is 10.7. The highest BCUT2D eigenvalue weighted by Gasteiger charge is 2.56. The summed E-state index contributed by atoms with van der Waals surface area (Å²) in [5, 5.41) is 29.2. The van der Waals surface area contributed by atoms with Crippen LogP contribution in [0.2, 0.25) is 0 Å². The topological polar surface area (TPSA) is 96.2 Å². The van der Waals surface area contributed by atoms with Crippen molar-refractivity contribution in [2.24, 2.45) is 0 Å². The molecule has 2 heterocycles. The van der Waals surface area contributed by atoms with Gasteiger partial charge in [0.15, 0.2) is 0 Å². The van der Waals surface area contributed by atoms with Crippen LogP contribution in [0.15, 0.2) is 18.2 Å². The van der Waals surface area contributed by atoms with Crippen molar-refractivity contribution in [1.82, 2.24) is 0 Å². The Morgan fingerprint density at radius 3 is 2.85 bits per heavy atom. The quantitative estimate of drug-likeness (QED) is 0.625. The molecule has 0 aliphatic carbocycles. The second-order valence-corrected chi connectivity index (χ2v) is 5.15.